The molecule has 0 saturated heterocycles. The van der Waals surface area contributed by atoms with Gasteiger partial charge in [0, 0.05) is 0 Å². The zero-order valence-corrected chi connectivity index (χ0v) is 7.38. The summed E-state index contributed by atoms with van der Waals surface area (Å²) >= 11 is 0. The van der Waals surface area contributed by atoms with Crippen LogP contribution in [-0.4, -0.2) is 21.9 Å². The number of hydrogen-bond acceptors (Lipinski definition) is 2. The molecule has 1 saturated carbocycles. The van der Waals surface area contributed by atoms with Crippen LogP contribution in [0.1, 0.15) is 39.5 Å². The number of rotatable bonds is 4. The molecular formula is C9H18O2. The molecule has 0 aromatic rings. The quantitative estimate of drug-likeness (QED) is 0.647. The van der Waals surface area contributed by atoms with E-state index in [1.165, 1.54) is 0 Å². The molecule has 1 rings (SSSR count). The van der Waals surface area contributed by atoms with E-state index in [2.05, 4.69) is 6.92 Å². The van der Waals surface area contributed by atoms with Crippen LogP contribution in [0.4, 0.5) is 0 Å². The lowest BCUT2D eigenvalue weighted by molar-refractivity contribution is 0.108. The van der Waals surface area contributed by atoms with Crippen molar-refractivity contribution in [1.29, 1.82) is 0 Å². The number of aliphatic hydroxyl groups is 2. The van der Waals surface area contributed by atoms with Crippen molar-refractivity contribution in [3.63, 3.8) is 0 Å². The Kier molecular flexibility index (Phi) is 2.55. The fourth-order valence-electron chi connectivity index (χ4n) is 1.56. The fraction of sp³-hybridized carbons (Fsp3) is 1.00. The lowest BCUT2D eigenvalue weighted by Gasteiger charge is -2.09. The molecule has 0 heterocycles. The molecular weight excluding hydrogens is 140 g/mol. The molecule has 1 fully saturated rings. The van der Waals surface area contributed by atoms with Gasteiger partial charge in [-0.15, -0.1) is 0 Å². The molecule has 0 aromatic heterocycles. The largest absolute Gasteiger partial charge is 0.393 e. The second-order valence-electron chi connectivity index (χ2n) is 3.94. The van der Waals surface area contributed by atoms with Crippen molar-refractivity contribution in [1.82, 2.24) is 0 Å². The first-order valence-corrected chi connectivity index (χ1v) is 4.46. The average molecular weight is 158 g/mol. The van der Waals surface area contributed by atoms with Gasteiger partial charge in [0.25, 0.3) is 0 Å². The maximum Gasteiger partial charge on any atom is 0.0653 e. The predicted octanol–water partition coefficient (Wildman–Crippen LogP) is 1.31. The summed E-state index contributed by atoms with van der Waals surface area (Å²) in [6.45, 7) is 3.91. The smallest absolute Gasteiger partial charge is 0.0653 e. The Bertz CT molecular complexity index is 132. The van der Waals surface area contributed by atoms with E-state index >= 15 is 0 Å². The molecule has 11 heavy (non-hydrogen) atoms. The Balaban J connectivity index is 2.13. The fourth-order valence-corrected chi connectivity index (χ4v) is 1.56. The van der Waals surface area contributed by atoms with E-state index in [-0.39, 0.29) is 6.10 Å². The summed E-state index contributed by atoms with van der Waals surface area (Å²) in [5.41, 5.74) is -0.464. The van der Waals surface area contributed by atoms with E-state index in [1.54, 1.807) is 0 Å². The van der Waals surface area contributed by atoms with Gasteiger partial charge in [0.05, 0.1) is 11.7 Å². The third kappa shape index (κ3) is 2.46. The van der Waals surface area contributed by atoms with Crippen LogP contribution in [0.2, 0.25) is 0 Å². The second-order valence-corrected chi connectivity index (χ2v) is 3.94. The molecule has 3 unspecified atom stereocenters. The average Bonchev–Trinajstić information content (AvgIpc) is 2.39. The molecule has 2 heteroatoms. The lowest BCUT2D eigenvalue weighted by Crippen LogP contribution is -2.12. The minimum atomic E-state index is -0.464. The molecule has 0 bridgehead atoms. The van der Waals surface area contributed by atoms with Crippen molar-refractivity contribution in [3.8, 4) is 0 Å². The highest BCUT2D eigenvalue weighted by Gasteiger charge is 2.48. The van der Waals surface area contributed by atoms with E-state index in [1.807, 2.05) is 6.92 Å². The maximum atomic E-state index is 9.40. The summed E-state index contributed by atoms with van der Waals surface area (Å²) in [5, 5.41) is 18.8. The molecule has 0 amide bonds. The van der Waals surface area contributed by atoms with Gasteiger partial charge in [0.2, 0.25) is 0 Å². The molecule has 0 aliphatic heterocycles. The summed E-state index contributed by atoms with van der Waals surface area (Å²) in [6, 6.07) is 0. The van der Waals surface area contributed by atoms with Gasteiger partial charge in [-0.25, -0.2) is 0 Å². The van der Waals surface area contributed by atoms with Gasteiger partial charge in [0.15, 0.2) is 0 Å². The normalized spacial score (nSPS) is 38.7. The van der Waals surface area contributed by atoms with Crippen molar-refractivity contribution < 1.29 is 10.2 Å². The zero-order chi connectivity index (χ0) is 8.48. The van der Waals surface area contributed by atoms with Crippen LogP contribution in [0.15, 0.2) is 0 Å². The second kappa shape index (κ2) is 3.11. The van der Waals surface area contributed by atoms with Crippen molar-refractivity contribution in [2.24, 2.45) is 5.92 Å². The van der Waals surface area contributed by atoms with Gasteiger partial charge in [-0.05, 0) is 32.1 Å². The third-order valence-electron chi connectivity index (χ3n) is 2.56. The van der Waals surface area contributed by atoms with Crippen LogP contribution in [0.3, 0.4) is 0 Å². The minimum Gasteiger partial charge on any atom is -0.393 e. The highest BCUT2D eigenvalue weighted by Crippen LogP contribution is 2.46. The summed E-state index contributed by atoms with van der Waals surface area (Å²) in [6.07, 6.45) is 3.34. The van der Waals surface area contributed by atoms with Crippen molar-refractivity contribution in [2.75, 3.05) is 0 Å². The van der Waals surface area contributed by atoms with Crippen LogP contribution in [0.25, 0.3) is 0 Å². The zero-order valence-electron chi connectivity index (χ0n) is 7.38. The number of hydrogen-bond donors (Lipinski definition) is 2. The summed E-state index contributed by atoms with van der Waals surface area (Å²) in [7, 11) is 0. The van der Waals surface area contributed by atoms with Gasteiger partial charge < -0.3 is 10.2 Å². The molecule has 66 valence electrons. The van der Waals surface area contributed by atoms with Gasteiger partial charge in [-0.3, -0.25) is 0 Å². The molecule has 0 spiro atoms. The molecule has 2 nitrogen and oxygen atoms in total. The topological polar surface area (TPSA) is 40.5 Å². The minimum absolute atomic E-state index is 0.195. The Morgan fingerprint density at radius 2 is 2.18 bits per heavy atom. The van der Waals surface area contributed by atoms with E-state index < -0.39 is 5.60 Å². The van der Waals surface area contributed by atoms with E-state index in [0.29, 0.717) is 5.92 Å². The summed E-state index contributed by atoms with van der Waals surface area (Å²) < 4.78 is 0. The summed E-state index contributed by atoms with van der Waals surface area (Å²) in [4.78, 5) is 0. The molecule has 0 aromatic carbocycles. The lowest BCUT2D eigenvalue weighted by atomic mass is 10.1. The van der Waals surface area contributed by atoms with Crippen molar-refractivity contribution in [2.45, 2.75) is 51.2 Å². The SMILES string of the molecule is CCCC(O)CC1CC1(C)O. The maximum absolute atomic E-state index is 9.40. The molecule has 3 atom stereocenters. The van der Waals surface area contributed by atoms with Gasteiger partial charge >= 0.3 is 0 Å². The van der Waals surface area contributed by atoms with E-state index in [0.717, 1.165) is 25.7 Å². The van der Waals surface area contributed by atoms with Gasteiger partial charge in [0.1, 0.15) is 0 Å². The third-order valence-corrected chi connectivity index (χ3v) is 2.56. The predicted molar refractivity (Wildman–Crippen MR) is 44.3 cm³/mol. The Morgan fingerprint density at radius 3 is 2.55 bits per heavy atom. The van der Waals surface area contributed by atoms with E-state index in [9.17, 15) is 10.2 Å². The van der Waals surface area contributed by atoms with Crippen LogP contribution < -0.4 is 0 Å². The first-order valence-electron chi connectivity index (χ1n) is 4.46. The number of aliphatic hydroxyl groups excluding tert-OH is 1. The highest BCUT2D eigenvalue weighted by molar-refractivity contribution is 5.00. The molecule has 1 aliphatic carbocycles. The standard InChI is InChI=1S/C9H18O2/c1-3-4-8(10)5-7-6-9(7,2)11/h7-8,10-11H,3-6H2,1-2H3. The van der Waals surface area contributed by atoms with Crippen LogP contribution >= 0.6 is 0 Å². The molecule has 1 aliphatic rings. The first-order chi connectivity index (χ1) is 5.06. The van der Waals surface area contributed by atoms with Gasteiger partial charge in [-0.2, -0.15) is 0 Å². The van der Waals surface area contributed by atoms with Gasteiger partial charge in [-0.1, -0.05) is 13.3 Å². The first kappa shape index (κ1) is 9.01. The van der Waals surface area contributed by atoms with Crippen LogP contribution in [0.5, 0.6) is 0 Å². The Hall–Kier alpha value is -0.0800. The van der Waals surface area contributed by atoms with Crippen molar-refractivity contribution in [3.05, 3.63) is 0 Å². The van der Waals surface area contributed by atoms with Crippen LogP contribution in [0, 0.1) is 5.92 Å². The monoisotopic (exact) mass is 158 g/mol. The molecule has 0 radical (unpaired) electrons. The Labute approximate surface area is 68.2 Å². The highest BCUT2D eigenvalue weighted by atomic mass is 16.3. The van der Waals surface area contributed by atoms with E-state index in [4.69, 9.17) is 0 Å². The van der Waals surface area contributed by atoms with Crippen LogP contribution in [-0.2, 0) is 0 Å². The van der Waals surface area contributed by atoms with Crippen molar-refractivity contribution >= 4 is 0 Å². The summed E-state index contributed by atoms with van der Waals surface area (Å²) in [5.74, 6) is 0.351. The Morgan fingerprint density at radius 1 is 1.64 bits per heavy atom. The molecule has 2 N–H and O–H groups in total.